The van der Waals surface area contributed by atoms with Crippen molar-refractivity contribution < 1.29 is 10.0 Å². The molecule has 1 aliphatic heterocycles. The van der Waals surface area contributed by atoms with Gasteiger partial charge in [0.15, 0.2) is 0 Å². The number of halogens is 1. The van der Waals surface area contributed by atoms with Crippen molar-refractivity contribution in [1.82, 2.24) is 4.90 Å². The topological polar surface area (TPSA) is 78.9 Å². The highest BCUT2D eigenvalue weighted by Gasteiger charge is 2.36. The third-order valence-electron chi connectivity index (χ3n) is 3.98. The molecule has 1 heterocycles. The lowest BCUT2D eigenvalue weighted by Gasteiger charge is -2.38. The molecule has 5 nitrogen and oxygen atoms in total. The van der Waals surface area contributed by atoms with Gasteiger partial charge in [-0.1, -0.05) is 24.2 Å². The Morgan fingerprint density at radius 1 is 1.40 bits per heavy atom. The molecule has 0 radical (unpaired) electrons. The number of amidine groups is 1. The van der Waals surface area contributed by atoms with Crippen LogP contribution in [0.1, 0.15) is 30.1 Å². The first kappa shape index (κ1) is 15.1. The zero-order chi connectivity index (χ0) is 14.8. The lowest BCUT2D eigenvalue weighted by atomic mass is 9.79. The molecule has 0 spiro atoms. The highest BCUT2D eigenvalue weighted by molar-refractivity contribution is 14.1. The molecule has 0 unspecified atom stereocenters. The minimum atomic E-state index is -0.324. The van der Waals surface area contributed by atoms with Gasteiger partial charge in [-0.2, -0.15) is 0 Å². The van der Waals surface area contributed by atoms with Crippen molar-refractivity contribution in [1.29, 1.82) is 0 Å². The largest absolute Gasteiger partial charge is 0.409 e. The van der Waals surface area contributed by atoms with Crippen molar-refractivity contribution in [2.24, 2.45) is 16.3 Å². The van der Waals surface area contributed by atoms with Gasteiger partial charge in [0.1, 0.15) is 5.84 Å². The quantitative estimate of drug-likeness (QED) is 0.269. The maximum Gasteiger partial charge on any atom is 0.254 e. The number of hydrogen-bond acceptors (Lipinski definition) is 3. The Bertz CT molecular complexity index is 537. The van der Waals surface area contributed by atoms with Gasteiger partial charge in [0.25, 0.3) is 5.91 Å². The number of carbonyl (C=O) groups is 1. The van der Waals surface area contributed by atoms with Crippen LogP contribution in [0.4, 0.5) is 0 Å². The van der Waals surface area contributed by atoms with E-state index in [4.69, 9.17) is 10.9 Å². The molecule has 1 aromatic carbocycles. The van der Waals surface area contributed by atoms with E-state index < -0.39 is 0 Å². The zero-order valence-electron chi connectivity index (χ0n) is 11.3. The standard InChI is InChI=1S/C14H18IN3O2/c1-14(13(16)17-20)6-8-18(9-7-14)12(19)10-4-2-3-5-11(10)15/h2-5,20H,6-9H2,1H3,(H2,16,17). The molecular weight excluding hydrogens is 369 g/mol. The molecule has 1 fully saturated rings. The van der Waals surface area contributed by atoms with Crippen molar-refractivity contribution in [2.75, 3.05) is 13.1 Å². The average Bonchev–Trinajstić information content (AvgIpc) is 2.47. The van der Waals surface area contributed by atoms with Crippen LogP contribution in [0.15, 0.2) is 29.4 Å². The number of piperidine rings is 1. The van der Waals surface area contributed by atoms with E-state index in [1.165, 1.54) is 0 Å². The van der Waals surface area contributed by atoms with Crippen LogP contribution < -0.4 is 5.73 Å². The molecule has 0 atom stereocenters. The van der Waals surface area contributed by atoms with Gasteiger partial charge in [0.05, 0.1) is 5.56 Å². The Hall–Kier alpha value is -1.31. The van der Waals surface area contributed by atoms with Gasteiger partial charge in [-0.05, 0) is 47.6 Å². The van der Waals surface area contributed by atoms with Gasteiger partial charge < -0.3 is 15.8 Å². The number of rotatable bonds is 2. The molecule has 2 rings (SSSR count). The molecule has 0 bridgehead atoms. The normalized spacial score (nSPS) is 18.9. The summed E-state index contributed by atoms with van der Waals surface area (Å²) in [4.78, 5) is 14.3. The predicted octanol–water partition coefficient (Wildman–Crippen LogP) is 2.28. The van der Waals surface area contributed by atoms with E-state index in [0.29, 0.717) is 25.9 Å². The zero-order valence-corrected chi connectivity index (χ0v) is 13.5. The van der Waals surface area contributed by atoms with Gasteiger partial charge in [0.2, 0.25) is 0 Å². The Balaban J connectivity index is 2.08. The van der Waals surface area contributed by atoms with E-state index in [2.05, 4.69) is 27.7 Å². The molecule has 0 saturated carbocycles. The van der Waals surface area contributed by atoms with E-state index in [0.717, 1.165) is 9.13 Å². The summed E-state index contributed by atoms with van der Waals surface area (Å²) in [7, 11) is 0. The van der Waals surface area contributed by atoms with E-state index in [-0.39, 0.29) is 17.2 Å². The summed E-state index contributed by atoms with van der Waals surface area (Å²) < 4.78 is 0.958. The Morgan fingerprint density at radius 3 is 2.55 bits per heavy atom. The van der Waals surface area contributed by atoms with Crippen molar-refractivity contribution in [3.8, 4) is 0 Å². The summed E-state index contributed by atoms with van der Waals surface area (Å²) in [5.41, 5.74) is 6.15. The molecule has 1 aliphatic rings. The van der Waals surface area contributed by atoms with Gasteiger partial charge in [-0.3, -0.25) is 4.79 Å². The van der Waals surface area contributed by atoms with Gasteiger partial charge in [-0.15, -0.1) is 0 Å². The van der Waals surface area contributed by atoms with Crippen LogP contribution in [0.5, 0.6) is 0 Å². The van der Waals surface area contributed by atoms with Crippen LogP contribution in [0, 0.1) is 8.99 Å². The molecule has 6 heteroatoms. The molecule has 0 aliphatic carbocycles. The monoisotopic (exact) mass is 387 g/mol. The fourth-order valence-electron chi connectivity index (χ4n) is 2.39. The smallest absolute Gasteiger partial charge is 0.254 e. The number of likely N-dealkylation sites (tertiary alicyclic amines) is 1. The highest BCUT2D eigenvalue weighted by Crippen LogP contribution is 2.31. The summed E-state index contributed by atoms with van der Waals surface area (Å²) in [5, 5.41) is 11.9. The van der Waals surface area contributed by atoms with Crippen LogP contribution in [-0.4, -0.2) is 34.9 Å². The van der Waals surface area contributed by atoms with E-state index in [1.54, 1.807) is 0 Å². The molecule has 108 valence electrons. The Kier molecular flexibility index (Phi) is 4.52. The Morgan fingerprint density at radius 2 is 2.00 bits per heavy atom. The molecule has 1 saturated heterocycles. The fourth-order valence-corrected chi connectivity index (χ4v) is 3.00. The lowest BCUT2D eigenvalue weighted by molar-refractivity contribution is 0.0665. The van der Waals surface area contributed by atoms with Crippen molar-refractivity contribution in [3.05, 3.63) is 33.4 Å². The maximum atomic E-state index is 12.5. The van der Waals surface area contributed by atoms with Gasteiger partial charge in [-0.25, -0.2) is 0 Å². The van der Waals surface area contributed by atoms with E-state index in [1.807, 2.05) is 36.1 Å². The van der Waals surface area contributed by atoms with E-state index in [9.17, 15) is 4.79 Å². The molecular formula is C14H18IN3O2. The maximum absolute atomic E-state index is 12.5. The summed E-state index contributed by atoms with van der Waals surface area (Å²) in [6, 6.07) is 7.57. The number of nitrogens with zero attached hydrogens (tertiary/aromatic N) is 2. The van der Waals surface area contributed by atoms with Gasteiger partial charge >= 0.3 is 0 Å². The lowest BCUT2D eigenvalue weighted by Crippen LogP contribution is -2.47. The van der Waals surface area contributed by atoms with E-state index >= 15 is 0 Å². The predicted molar refractivity (Wildman–Crippen MR) is 85.8 cm³/mol. The SMILES string of the molecule is CC1(/C(N)=N/O)CCN(C(=O)c2ccccc2I)CC1. The first-order valence-corrected chi connectivity index (χ1v) is 7.57. The number of benzene rings is 1. The van der Waals surface area contributed by atoms with Crippen LogP contribution in [0.2, 0.25) is 0 Å². The third kappa shape index (κ3) is 2.89. The van der Waals surface area contributed by atoms with Crippen molar-refractivity contribution in [2.45, 2.75) is 19.8 Å². The van der Waals surface area contributed by atoms with Gasteiger partial charge in [0, 0.05) is 22.1 Å². The average molecular weight is 387 g/mol. The summed E-state index contributed by atoms with van der Waals surface area (Å²) >= 11 is 2.18. The minimum absolute atomic E-state index is 0.0524. The van der Waals surface area contributed by atoms with Crippen LogP contribution in [0.25, 0.3) is 0 Å². The third-order valence-corrected chi connectivity index (χ3v) is 4.93. The number of amides is 1. The van der Waals surface area contributed by atoms with Crippen molar-refractivity contribution >= 4 is 34.3 Å². The van der Waals surface area contributed by atoms with Crippen LogP contribution in [0.3, 0.4) is 0 Å². The Labute approximate surface area is 132 Å². The molecule has 3 N–H and O–H groups in total. The number of nitrogens with two attached hydrogens (primary N) is 1. The number of oxime groups is 1. The second-order valence-corrected chi connectivity index (χ2v) is 6.48. The highest BCUT2D eigenvalue weighted by atomic mass is 127. The number of hydrogen-bond donors (Lipinski definition) is 2. The second kappa shape index (κ2) is 5.99. The van der Waals surface area contributed by atoms with Crippen LogP contribution >= 0.6 is 22.6 Å². The summed E-state index contributed by atoms with van der Waals surface area (Å²) in [6.45, 7) is 3.21. The molecule has 20 heavy (non-hydrogen) atoms. The van der Waals surface area contributed by atoms with Crippen LogP contribution in [-0.2, 0) is 0 Å². The summed E-state index contributed by atoms with van der Waals surface area (Å²) in [6.07, 6.45) is 1.41. The first-order chi connectivity index (χ1) is 9.48. The minimum Gasteiger partial charge on any atom is -0.409 e. The summed E-state index contributed by atoms with van der Waals surface area (Å²) in [5.74, 6) is 0.301. The molecule has 1 aromatic rings. The molecule has 0 aromatic heterocycles. The first-order valence-electron chi connectivity index (χ1n) is 6.50. The fraction of sp³-hybridized carbons (Fsp3) is 0.429. The second-order valence-electron chi connectivity index (χ2n) is 5.32. The number of carbonyl (C=O) groups excluding carboxylic acids is 1. The molecule has 1 amide bonds. The van der Waals surface area contributed by atoms with Crippen molar-refractivity contribution in [3.63, 3.8) is 0 Å².